The van der Waals surface area contributed by atoms with Gasteiger partial charge in [0.15, 0.2) is 0 Å². The molecule has 0 aliphatic carbocycles. The molecule has 0 bridgehead atoms. The summed E-state index contributed by atoms with van der Waals surface area (Å²) in [6.07, 6.45) is 1.84. The van der Waals surface area contributed by atoms with Crippen LogP contribution >= 0.6 is 27.7 Å². The third kappa shape index (κ3) is 4.44. The van der Waals surface area contributed by atoms with Gasteiger partial charge in [-0.3, -0.25) is 0 Å². The number of hydrogen-bond acceptors (Lipinski definition) is 3. The lowest BCUT2D eigenvalue weighted by Gasteiger charge is -2.10. The van der Waals surface area contributed by atoms with E-state index in [4.69, 9.17) is 0 Å². The first kappa shape index (κ1) is 12.0. The Bertz CT molecular complexity index is 263. The predicted molar refractivity (Wildman–Crippen MR) is 65.8 cm³/mol. The minimum atomic E-state index is 0.559. The second-order valence-corrected chi connectivity index (χ2v) is 5.43. The maximum Gasteiger partial charge on any atom is 0.0963 e. The molecule has 0 saturated heterocycles. The fourth-order valence-electron chi connectivity index (χ4n) is 1.03. The minimum Gasteiger partial charge on any atom is -0.316 e. The molecule has 14 heavy (non-hydrogen) atoms. The van der Waals surface area contributed by atoms with Gasteiger partial charge in [-0.1, -0.05) is 13.8 Å². The van der Waals surface area contributed by atoms with E-state index >= 15 is 0 Å². The highest BCUT2D eigenvalue weighted by atomic mass is 79.9. The molecule has 0 radical (unpaired) electrons. The van der Waals surface area contributed by atoms with E-state index in [1.54, 1.807) is 11.8 Å². The van der Waals surface area contributed by atoms with E-state index in [1.165, 1.54) is 0 Å². The predicted octanol–water partition coefficient (Wildman–Crippen LogP) is 2.93. The molecule has 0 saturated carbocycles. The fourth-order valence-corrected chi connectivity index (χ4v) is 2.14. The van der Waals surface area contributed by atoms with Crippen molar-refractivity contribution in [3.8, 4) is 0 Å². The first-order chi connectivity index (χ1) is 6.72. The zero-order chi connectivity index (χ0) is 10.4. The maximum absolute atomic E-state index is 4.31. The smallest absolute Gasteiger partial charge is 0.0963 e. The van der Waals surface area contributed by atoms with Gasteiger partial charge < -0.3 is 5.32 Å². The Morgan fingerprint density at radius 1 is 1.57 bits per heavy atom. The molecular weight excluding hydrogens is 260 g/mol. The molecular formula is C10H15BrN2S. The molecule has 1 N–H and O–H groups in total. The molecule has 0 aliphatic heterocycles. The van der Waals surface area contributed by atoms with Gasteiger partial charge in [-0.05, 0) is 34.6 Å². The molecule has 1 rings (SSSR count). The minimum absolute atomic E-state index is 0.559. The van der Waals surface area contributed by atoms with E-state index in [0.717, 1.165) is 22.6 Å². The zero-order valence-electron chi connectivity index (χ0n) is 8.46. The number of nitrogens with zero attached hydrogens (tertiary/aromatic N) is 1. The van der Waals surface area contributed by atoms with Crippen molar-refractivity contribution in [1.82, 2.24) is 10.3 Å². The van der Waals surface area contributed by atoms with Gasteiger partial charge in [0.1, 0.15) is 0 Å². The zero-order valence-corrected chi connectivity index (χ0v) is 10.9. The lowest BCUT2D eigenvalue weighted by molar-refractivity contribution is 0.712. The van der Waals surface area contributed by atoms with Gasteiger partial charge in [0.25, 0.3) is 0 Å². The molecule has 1 aromatic heterocycles. The largest absolute Gasteiger partial charge is 0.316 e. The maximum atomic E-state index is 4.31. The lowest BCUT2D eigenvalue weighted by atomic mass is 10.5. The van der Waals surface area contributed by atoms with Crippen LogP contribution in [0.4, 0.5) is 0 Å². The van der Waals surface area contributed by atoms with Crippen molar-refractivity contribution in [1.29, 1.82) is 0 Å². The standard InChI is InChI=1S/C10H15BrN2S/c1-3-12-6-8(2)14-10-5-4-9(11)7-13-10/h4-5,7-8,12H,3,6H2,1-2H3. The lowest BCUT2D eigenvalue weighted by Crippen LogP contribution is -2.22. The summed E-state index contributed by atoms with van der Waals surface area (Å²) in [5.41, 5.74) is 0. The van der Waals surface area contributed by atoms with Crippen molar-refractivity contribution in [3.05, 3.63) is 22.8 Å². The summed E-state index contributed by atoms with van der Waals surface area (Å²) in [7, 11) is 0. The number of halogens is 1. The number of thioether (sulfide) groups is 1. The summed E-state index contributed by atoms with van der Waals surface area (Å²) in [5.74, 6) is 0. The van der Waals surface area contributed by atoms with Crippen molar-refractivity contribution in [2.75, 3.05) is 13.1 Å². The van der Waals surface area contributed by atoms with Crippen LogP contribution in [-0.4, -0.2) is 23.3 Å². The van der Waals surface area contributed by atoms with Crippen molar-refractivity contribution in [2.45, 2.75) is 24.1 Å². The number of hydrogen-bond donors (Lipinski definition) is 1. The molecule has 4 heteroatoms. The fraction of sp³-hybridized carbons (Fsp3) is 0.500. The molecule has 1 atom stereocenters. The molecule has 0 amide bonds. The van der Waals surface area contributed by atoms with Gasteiger partial charge >= 0.3 is 0 Å². The molecule has 0 spiro atoms. The average Bonchev–Trinajstić information content (AvgIpc) is 2.18. The first-order valence-electron chi connectivity index (χ1n) is 4.71. The molecule has 0 aliphatic rings. The first-order valence-corrected chi connectivity index (χ1v) is 6.38. The van der Waals surface area contributed by atoms with Crippen LogP contribution in [0.5, 0.6) is 0 Å². The number of aromatic nitrogens is 1. The molecule has 1 aromatic rings. The number of pyridine rings is 1. The molecule has 1 heterocycles. The topological polar surface area (TPSA) is 24.9 Å². The summed E-state index contributed by atoms with van der Waals surface area (Å²) < 4.78 is 1.03. The monoisotopic (exact) mass is 274 g/mol. The third-order valence-corrected chi connectivity index (χ3v) is 3.23. The van der Waals surface area contributed by atoms with Gasteiger partial charge in [0.05, 0.1) is 5.03 Å². The van der Waals surface area contributed by atoms with Gasteiger partial charge in [-0.2, -0.15) is 0 Å². The Balaban J connectivity index is 2.39. The number of nitrogens with one attached hydrogen (secondary N) is 1. The molecule has 78 valence electrons. The van der Waals surface area contributed by atoms with E-state index in [9.17, 15) is 0 Å². The summed E-state index contributed by atoms with van der Waals surface area (Å²) in [5, 5.41) is 4.96. The second kappa shape index (κ2) is 6.43. The van der Waals surface area contributed by atoms with Crippen LogP contribution in [0.3, 0.4) is 0 Å². The van der Waals surface area contributed by atoms with E-state index in [-0.39, 0.29) is 0 Å². The summed E-state index contributed by atoms with van der Waals surface area (Å²) in [4.78, 5) is 4.31. The van der Waals surface area contributed by atoms with Crippen LogP contribution in [-0.2, 0) is 0 Å². The summed E-state index contributed by atoms with van der Waals surface area (Å²) in [6.45, 7) is 6.38. The molecule has 0 fully saturated rings. The van der Waals surface area contributed by atoms with Crippen LogP contribution in [0.25, 0.3) is 0 Å². The highest BCUT2D eigenvalue weighted by Crippen LogP contribution is 2.21. The van der Waals surface area contributed by atoms with Crippen LogP contribution < -0.4 is 5.32 Å². The Morgan fingerprint density at radius 3 is 2.93 bits per heavy atom. The highest BCUT2D eigenvalue weighted by molar-refractivity contribution is 9.10. The van der Waals surface area contributed by atoms with Gasteiger partial charge in [0, 0.05) is 22.5 Å². The van der Waals surface area contributed by atoms with E-state index < -0.39 is 0 Å². The van der Waals surface area contributed by atoms with Gasteiger partial charge in [-0.15, -0.1) is 11.8 Å². The molecule has 1 unspecified atom stereocenters. The Kier molecular flexibility index (Phi) is 5.52. The quantitative estimate of drug-likeness (QED) is 0.836. The Labute approximate surface area is 98.0 Å². The van der Waals surface area contributed by atoms with Gasteiger partial charge in [-0.25, -0.2) is 4.98 Å². The van der Waals surface area contributed by atoms with E-state index in [0.29, 0.717) is 5.25 Å². The average molecular weight is 275 g/mol. The van der Waals surface area contributed by atoms with Gasteiger partial charge in [0.2, 0.25) is 0 Å². The van der Waals surface area contributed by atoms with Crippen molar-refractivity contribution < 1.29 is 0 Å². The van der Waals surface area contributed by atoms with Crippen LogP contribution in [0.15, 0.2) is 27.8 Å². The molecule has 0 aromatic carbocycles. The normalized spacial score (nSPS) is 12.8. The summed E-state index contributed by atoms with van der Waals surface area (Å²) >= 11 is 5.17. The third-order valence-electron chi connectivity index (χ3n) is 1.70. The van der Waals surface area contributed by atoms with Crippen LogP contribution in [0.2, 0.25) is 0 Å². The SMILES string of the molecule is CCNCC(C)Sc1ccc(Br)cn1. The van der Waals surface area contributed by atoms with E-state index in [1.807, 2.05) is 18.3 Å². The van der Waals surface area contributed by atoms with Crippen molar-refractivity contribution in [2.24, 2.45) is 0 Å². The van der Waals surface area contributed by atoms with Crippen molar-refractivity contribution in [3.63, 3.8) is 0 Å². The Morgan fingerprint density at radius 2 is 2.36 bits per heavy atom. The highest BCUT2D eigenvalue weighted by Gasteiger charge is 2.03. The van der Waals surface area contributed by atoms with Crippen LogP contribution in [0.1, 0.15) is 13.8 Å². The second-order valence-electron chi connectivity index (χ2n) is 3.05. The number of rotatable bonds is 5. The van der Waals surface area contributed by atoms with Crippen LogP contribution in [0, 0.1) is 0 Å². The Hall–Kier alpha value is -0.0600. The summed E-state index contributed by atoms with van der Waals surface area (Å²) in [6, 6.07) is 4.06. The molecule has 2 nitrogen and oxygen atoms in total. The van der Waals surface area contributed by atoms with E-state index in [2.05, 4.69) is 40.1 Å². The van der Waals surface area contributed by atoms with Crippen molar-refractivity contribution >= 4 is 27.7 Å².